The van der Waals surface area contributed by atoms with Gasteiger partial charge in [0, 0.05) is 28.2 Å². The Labute approximate surface area is 195 Å². The van der Waals surface area contributed by atoms with Gasteiger partial charge in [-0.2, -0.15) is 0 Å². The summed E-state index contributed by atoms with van der Waals surface area (Å²) in [7, 11) is 0. The number of hydrogen-bond acceptors (Lipinski definition) is 2. The van der Waals surface area contributed by atoms with Crippen LogP contribution in [0.25, 0.3) is 0 Å². The van der Waals surface area contributed by atoms with Crippen molar-refractivity contribution in [2.75, 3.05) is 0 Å². The summed E-state index contributed by atoms with van der Waals surface area (Å²) in [6.45, 7) is 10.1. The van der Waals surface area contributed by atoms with Gasteiger partial charge >= 0.3 is 0 Å². The minimum absolute atomic E-state index is 0.0298. The van der Waals surface area contributed by atoms with Gasteiger partial charge in [0.1, 0.15) is 6.04 Å². The van der Waals surface area contributed by atoms with Crippen LogP contribution in [0, 0.1) is 13.8 Å². The van der Waals surface area contributed by atoms with Gasteiger partial charge in [-0.25, -0.2) is 0 Å². The summed E-state index contributed by atoms with van der Waals surface area (Å²) in [5, 5.41) is 3.97. The first-order chi connectivity index (χ1) is 14.7. The minimum atomic E-state index is -0.611. The van der Waals surface area contributed by atoms with Crippen LogP contribution < -0.4 is 5.32 Å². The average molecular weight is 463 g/mol. The Hall–Kier alpha value is -2.04. The fourth-order valence-electron chi connectivity index (χ4n) is 3.40. The second-order valence-electron chi connectivity index (χ2n) is 8.06. The molecule has 0 fully saturated rings. The highest BCUT2D eigenvalue weighted by Crippen LogP contribution is 2.27. The van der Waals surface area contributed by atoms with Crippen LogP contribution in [0.3, 0.4) is 0 Å². The summed E-state index contributed by atoms with van der Waals surface area (Å²) < 4.78 is 0. The van der Waals surface area contributed by atoms with E-state index in [1.807, 2.05) is 52.8 Å². The van der Waals surface area contributed by atoms with E-state index in [-0.39, 0.29) is 30.8 Å². The number of nitrogens with zero attached hydrogens (tertiary/aromatic N) is 1. The Bertz CT molecular complexity index is 909. The molecular formula is C25H32Cl2N2O2. The first-order valence-corrected chi connectivity index (χ1v) is 11.5. The van der Waals surface area contributed by atoms with Gasteiger partial charge in [-0.1, -0.05) is 61.3 Å². The van der Waals surface area contributed by atoms with Crippen LogP contribution in [-0.4, -0.2) is 28.8 Å². The zero-order valence-corrected chi connectivity index (χ0v) is 20.5. The average Bonchev–Trinajstić information content (AvgIpc) is 2.72. The van der Waals surface area contributed by atoms with Crippen LogP contribution in [0.1, 0.15) is 55.9 Å². The molecule has 0 bridgehead atoms. The summed E-state index contributed by atoms with van der Waals surface area (Å²) in [6, 6.07) is 10.7. The van der Waals surface area contributed by atoms with Crippen LogP contribution in [0.15, 0.2) is 36.4 Å². The lowest BCUT2D eigenvalue weighted by atomic mass is 10.0. The van der Waals surface area contributed by atoms with Crippen LogP contribution in [-0.2, 0) is 22.6 Å². The summed E-state index contributed by atoms with van der Waals surface area (Å²) in [5.41, 5.74) is 3.87. The van der Waals surface area contributed by atoms with Crippen molar-refractivity contribution >= 4 is 35.0 Å². The molecule has 2 atom stereocenters. The molecule has 0 aliphatic carbocycles. The van der Waals surface area contributed by atoms with Gasteiger partial charge in [0.05, 0.1) is 6.42 Å². The zero-order valence-electron chi connectivity index (χ0n) is 19.0. The van der Waals surface area contributed by atoms with Gasteiger partial charge in [-0.05, 0) is 62.4 Å². The molecule has 0 saturated carbocycles. The molecule has 0 unspecified atom stereocenters. The SMILES string of the molecule is CC[C@@H](C)NC(=O)[C@@H](CC)N(Cc1c(Cl)cccc1Cl)C(=O)Cc1ccc(C)c(C)c1. The number of carbonyl (C=O) groups is 2. The van der Waals surface area contributed by atoms with E-state index in [1.54, 1.807) is 23.1 Å². The molecule has 0 aromatic heterocycles. The van der Waals surface area contributed by atoms with Crippen LogP contribution in [0.5, 0.6) is 0 Å². The Kier molecular flexibility index (Phi) is 9.39. The van der Waals surface area contributed by atoms with Crippen molar-refractivity contribution in [3.63, 3.8) is 0 Å². The summed E-state index contributed by atoms with van der Waals surface area (Å²) in [4.78, 5) is 28.1. The predicted molar refractivity (Wildman–Crippen MR) is 129 cm³/mol. The highest BCUT2D eigenvalue weighted by atomic mass is 35.5. The molecule has 6 heteroatoms. The second kappa shape index (κ2) is 11.5. The quantitative estimate of drug-likeness (QED) is 0.505. The maximum absolute atomic E-state index is 13.5. The van der Waals surface area contributed by atoms with Crippen molar-refractivity contribution in [1.29, 1.82) is 0 Å². The van der Waals surface area contributed by atoms with E-state index in [0.29, 0.717) is 22.0 Å². The van der Waals surface area contributed by atoms with Gasteiger partial charge in [0.2, 0.25) is 11.8 Å². The Balaban J connectivity index is 2.38. The monoisotopic (exact) mass is 462 g/mol. The van der Waals surface area contributed by atoms with Crippen molar-refractivity contribution < 1.29 is 9.59 Å². The maximum atomic E-state index is 13.5. The first kappa shape index (κ1) is 25.2. The molecule has 1 N–H and O–H groups in total. The number of halogens is 2. The Morgan fingerprint density at radius 2 is 1.65 bits per heavy atom. The molecule has 0 heterocycles. The molecule has 0 spiro atoms. The third-order valence-electron chi connectivity index (χ3n) is 5.70. The Morgan fingerprint density at radius 3 is 2.19 bits per heavy atom. The van der Waals surface area contributed by atoms with Crippen molar-refractivity contribution in [3.05, 3.63) is 68.7 Å². The third-order valence-corrected chi connectivity index (χ3v) is 6.41. The van der Waals surface area contributed by atoms with Gasteiger partial charge in [-0.15, -0.1) is 0 Å². The number of hydrogen-bond donors (Lipinski definition) is 1. The lowest BCUT2D eigenvalue weighted by Gasteiger charge is -2.32. The van der Waals surface area contributed by atoms with E-state index < -0.39 is 6.04 Å². The van der Waals surface area contributed by atoms with Gasteiger partial charge in [0.15, 0.2) is 0 Å². The van der Waals surface area contributed by atoms with Crippen LogP contribution >= 0.6 is 23.2 Å². The molecule has 31 heavy (non-hydrogen) atoms. The molecule has 2 aromatic rings. The molecule has 0 aliphatic heterocycles. The van der Waals surface area contributed by atoms with E-state index in [0.717, 1.165) is 17.5 Å². The largest absolute Gasteiger partial charge is 0.352 e. The normalized spacial score (nSPS) is 12.9. The smallest absolute Gasteiger partial charge is 0.243 e. The number of nitrogens with one attached hydrogen (secondary N) is 1. The van der Waals surface area contributed by atoms with Crippen LogP contribution in [0.2, 0.25) is 10.0 Å². The fraction of sp³-hybridized carbons (Fsp3) is 0.440. The summed E-state index contributed by atoms with van der Waals surface area (Å²) in [6.07, 6.45) is 1.51. The number of rotatable bonds is 9. The molecule has 168 valence electrons. The summed E-state index contributed by atoms with van der Waals surface area (Å²) in [5.74, 6) is -0.293. The maximum Gasteiger partial charge on any atom is 0.243 e. The van der Waals surface area contributed by atoms with Gasteiger partial charge < -0.3 is 10.2 Å². The lowest BCUT2D eigenvalue weighted by Crippen LogP contribution is -2.51. The van der Waals surface area contributed by atoms with E-state index in [4.69, 9.17) is 23.2 Å². The van der Waals surface area contributed by atoms with Gasteiger partial charge in [0.25, 0.3) is 0 Å². The van der Waals surface area contributed by atoms with Crippen molar-refractivity contribution in [2.24, 2.45) is 0 Å². The van der Waals surface area contributed by atoms with Crippen molar-refractivity contribution in [3.8, 4) is 0 Å². The van der Waals surface area contributed by atoms with Crippen molar-refractivity contribution in [2.45, 2.75) is 72.5 Å². The first-order valence-electron chi connectivity index (χ1n) is 10.8. The number of carbonyl (C=O) groups excluding carboxylic acids is 2. The van der Waals surface area contributed by atoms with Gasteiger partial charge in [-0.3, -0.25) is 9.59 Å². The second-order valence-corrected chi connectivity index (χ2v) is 8.87. The molecule has 0 saturated heterocycles. The molecule has 2 aromatic carbocycles. The molecule has 2 rings (SSSR count). The van der Waals surface area contributed by atoms with E-state index in [2.05, 4.69) is 5.32 Å². The lowest BCUT2D eigenvalue weighted by molar-refractivity contribution is -0.141. The van der Waals surface area contributed by atoms with Crippen LogP contribution in [0.4, 0.5) is 0 Å². The highest BCUT2D eigenvalue weighted by Gasteiger charge is 2.30. The van der Waals surface area contributed by atoms with E-state index in [9.17, 15) is 9.59 Å². The molecule has 2 amide bonds. The minimum Gasteiger partial charge on any atom is -0.352 e. The topological polar surface area (TPSA) is 49.4 Å². The standard InChI is InChI=1S/C25H32Cl2N2O2/c1-6-18(5)28-25(31)23(7-2)29(15-20-21(26)9-8-10-22(20)27)24(30)14-19-12-11-16(3)17(4)13-19/h8-13,18,23H,6-7,14-15H2,1-5H3,(H,28,31)/t18-,23-/m1/s1. The molecule has 4 nitrogen and oxygen atoms in total. The van der Waals surface area contributed by atoms with E-state index in [1.165, 1.54) is 5.56 Å². The molecule has 0 radical (unpaired) electrons. The fourth-order valence-corrected chi connectivity index (χ4v) is 3.92. The molecular weight excluding hydrogens is 431 g/mol. The number of benzene rings is 2. The Morgan fingerprint density at radius 1 is 1.00 bits per heavy atom. The zero-order chi connectivity index (χ0) is 23.1. The van der Waals surface area contributed by atoms with Crippen molar-refractivity contribution in [1.82, 2.24) is 10.2 Å². The highest BCUT2D eigenvalue weighted by molar-refractivity contribution is 6.36. The predicted octanol–water partition coefficient (Wildman–Crippen LogP) is 5.87. The number of amides is 2. The third kappa shape index (κ3) is 6.72. The summed E-state index contributed by atoms with van der Waals surface area (Å²) >= 11 is 12.8. The van der Waals surface area contributed by atoms with E-state index >= 15 is 0 Å². The number of aryl methyl sites for hydroxylation is 2. The molecule has 0 aliphatic rings.